The predicted octanol–water partition coefficient (Wildman–Crippen LogP) is 1.16. The quantitative estimate of drug-likeness (QED) is 0.813. The van der Waals surface area contributed by atoms with E-state index >= 15 is 0 Å². The number of carbonyl (C=O) groups excluding carboxylic acids is 1. The van der Waals surface area contributed by atoms with Crippen LogP contribution in [0.1, 0.15) is 6.42 Å². The predicted molar refractivity (Wildman–Crippen MR) is 97.2 cm³/mol. The van der Waals surface area contributed by atoms with Gasteiger partial charge >= 0.3 is 0 Å². The lowest BCUT2D eigenvalue weighted by Gasteiger charge is -2.34. The zero-order valence-electron chi connectivity index (χ0n) is 13.7. The molecule has 134 valence electrons. The zero-order chi connectivity index (χ0) is 17.7. The van der Waals surface area contributed by atoms with Crippen LogP contribution in [0.2, 0.25) is 0 Å². The van der Waals surface area contributed by atoms with Crippen molar-refractivity contribution < 1.29 is 13.2 Å². The van der Waals surface area contributed by atoms with Gasteiger partial charge in [-0.15, -0.1) is 11.3 Å². The molecule has 1 aliphatic rings. The molecule has 1 amide bonds. The Morgan fingerprint density at radius 2 is 1.88 bits per heavy atom. The molecule has 7 nitrogen and oxygen atoms in total. The van der Waals surface area contributed by atoms with E-state index in [1.54, 1.807) is 40.6 Å². The lowest BCUT2D eigenvalue weighted by molar-refractivity contribution is -0.131. The number of benzene rings is 1. The lowest BCUT2D eigenvalue weighted by Crippen LogP contribution is -2.49. The zero-order valence-corrected chi connectivity index (χ0v) is 15.3. The van der Waals surface area contributed by atoms with E-state index in [0.717, 1.165) is 18.2 Å². The van der Waals surface area contributed by atoms with E-state index < -0.39 is 10.0 Å². The Kier molecular flexibility index (Phi) is 5.67. The fourth-order valence-corrected chi connectivity index (χ4v) is 4.40. The minimum atomic E-state index is -3.56. The largest absolute Gasteiger partial charge is 0.345 e. The maximum Gasteiger partial charge on any atom is 0.240 e. The van der Waals surface area contributed by atoms with Crippen LogP contribution in [-0.4, -0.2) is 56.9 Å². The molecule has 0 saturated carbocycles. The van der Waals surface area contributed by atoms with Gasteiger partial charge < -0.3 is 9.80 Å². The molecule has 1 fully saturated rings. The number of amides is 1. The van der Waals surface area contributed by atoms with Crippen LogP contribution in [0, 0.1) is 0 Å². The van der Waals surface area contributed by atoms with Gasteiger partial charge in [-0.1, -0.05) is 18.2 Å². The monoisotopic (exact) mass is 380 g/mol. The van der Waals surface area contributed by atoms with Crippen molar-refractivity contribution in [1.82, 2.24) is 14.6 Å². The first-order valence-corrected chi connectivity index (χ1v) is 10.4. The third-order valence-corrected chi connectivity index (χ3v) is 6.32. The molecule has 1 saturated heterocycles. The summed E-state index contributed by atoms with van der Waals surface area (Å²) in [6.45, 7) is 2.85. The van der Waals surface area contributed by atoms with Crippen molar-refractivity contribution in [3.63, 3.8) is 0 Å². The maximum absolute atomic E-state index is 12.3. The van der Waals surface area contributed by atoms with Gasteiger partial charge in [-0.05, 0) is 12.1 Å². The smallest absolute Gasteiger partial charge is 0.240 e. The molecular formula is C16H20N4O3S2. The summed E-state index contributed by atoms with van der Waals surface area (Å²) in [7, 11) is -3.56. The normalized spacial score (nSPS) is 15.4. The Hall–Kier alpha value is -1.97. The number of hydrogen-bond acceptors (Lipinski definition) is 6. The summed E-state index contributed by atoms with van der Waals surface area (Å²) < 4.78 is 26.7. The van der Waals surface area contributed by atoms with E-state index in [-0.39, 0.29) is 23.8 Å². The Morgan fingerprint density at radius 3 is 2.52 bits per heavy atom. The summed E-state index contributed by atoms with van der Waals surface area (Å²) in [4.78, 5) is 20.7. The third-order valence-electron chi connectivity index (χ3n) is 4.01. The number of hydrogen-bond donors (Lipinski definition) is 1. The van der Waals surface area contributed by atoms with E-state index in [2.05, 4.69) is 14.6 Å². The summed E-state index contributed by atoms with van der Waals surface area (Å²) >= 11 is 1.59. The van der Waals surface area contributed by atoms with Crippen LogP contribution in [0.5, 0.6) is 0 Å². The van der Waals surface area contributed by atoms with Crippen LogP contribution in [0.3, 0.4) is 0 Å². The Labute approximate surface area is 151 Å². The van der Waals surface area contributed by atoms with E-state index in [0.29, 0.717) is 13.1 Å². The van der Waals surface area contributed by atoms with Crippen LogP contribution in [0.4, 0.5) is 5.13 Å². The molecule has 0 unspecified atom stereocenters. The molecule has 1 N–H and O–H groups in total. The second-order valence-electron chi connectivity index (χ2n) is 5.64. The number of anilines is 1. The van der Waals surface area contributed by atoms with Crippen LogP contribution in [-0.2, 0) is 14.8 Å². The molecule has 1 aliphatic heterocycles. The number of sulfonamides is 1. The van der Waals surface area contributed by atoms with Crippen molar-refractivity contribution >= 4 is 32.4 Å². The van der Waals surface area contributed by atoms with Gasteiger partial charge in [-0.2, -0.15) is 0 Å². The van der Waals surface area contributed by atoms with Gasteiger partial charge in [0.05, 0.1) is 4.90 Å². The van der Waals surface area contributed by atoms with Crippen LogP contribution >= 0.6 is 11.3 Å². The van der Waals surface area contributed by atoms with Crippen molar-refractivity contribution in [1.29, 1.82) is 0 Å². The highest BCUT2D eigenvalue weighted by molar-refractivity contribution is 7.89. The minimum Gasteiger partial charge on any atom is -0.345 e. The topological polar surface area (TPSA) is 82.6 Å². The molecule has 0 radical (unpaired) electrons. The number of rotatable bonds is 6. The fourth-order valence-electron chi connectivity index (χ4n) is 2.65. The molecular weight excluding hydrogens is 360 g/mol. The number of aromatic nitrogens is 1. The van der Waals surface area contributed by atoms with Crippen LogP contribution < -0.4 is 9.62 Å². The highest BCUT2D eigenvalue weighted by Crippen LogP contribution is 2.19. The molecule has 0 bridgehead atoms. The average Bonchev–Trinajstić information content (AvgIpc) is 3.17. The highest BCUT2D eigenvalue weighted by atomic mass is 32.2. The third kappa shape index (κ3) is 4.56. The van der Waals surface area contributed by atoms with E-state index in [1.807, 2.05) is 5.38 Å². The fraction of sp³-hybridized carbons (Fsp3) is 0.375. The number of thiazole rings is 1. The van der Waals surface area contributed by atoms with E-state index in [1.165, 1.54) is 12.1 Å². The molecule has 2 aromatic rings. The van der Waals surface area contributed by atoms with Gasteiger partial charge in [0.15, 0.2) is 5.13 Å². The first-order chi connectivity index (χ1) is 12.1. The lowest BCUT2D eigenvalue weighted by atomic mass is 10.3. The minimum absolute atomic E-state index is 0.0328. The highest BCUT2D eigenvalue weighted by Gasteiger charge is 2.22. The van der Waals surface area contributed by atoms with Gasteiger partial charge in [0, 0.05) is 50.7 Å². The van der Waals surface area contributed by atoms with Crippen molar-refractivity contribution in [3.8, 4) is 0 Å². The van der Waals surface area contributed by atoms with Gasteiger partial charge in [0.1, 0.15) is 0 Å². The number of nitrogens with zero attached hydrogens (tertiary/aromatic N) is 3. The van der Waals surface area contributed by atoms with Gasteiger partial charge in [-0.3, -0.25) is 4.79 Å². The Balaban J connectivity index is 1.44. The summed E-state index contributed by atoms with van der Waals surface area (Å²) in [5, 5.41) is 2.91. The summed E-state index contributed by atoms with van der Waals surface area (Å²) in [6.07, 6.45) is 1.93. The number of nitrogens with one attached hydrogen (secondary N) is 1. The molecule has 3 rings (SSSR count). The maximum atomic E-state index is 12.3. The second kappa shape index (κ2) is 7.94. The molecule has 1 aromatic carbocycles. The van der Waals surface area contributed by atoms with Crippen molar-refractivity contribution in [2.75, 3.05) is 37.6 Å². The molecule has 25 heavy (non-hydrogen) atoms. The number of piperazine rings is 1. The average molecular weight is 380 g/mol. The molecule has 2 heterocycles. The van der Waals surface area contributed by atoms with Gasteiger partial charge in [0.25, 0.3) is 0 Å². The molecule has 9 heteroatoms. The Bertz CT molecular complexity index is 786. The van der Waals surface area contributed by atoms with E-state index in [9.17, 15) is 13.2 Å². The van der Waals surface area contributed by atoms with Crippen molar-refractivity contribution in [3.05, 3.63) is 41.9 Å². The summed E-state index contributed by atoms with van der Waals surface area (Å²) in [5.74, 6) is -0.0328. The van der Waals surface area contributed by atoms with E-state index in [4.69, 9.17) is 0 Å². The second-order valence-corrected chi connectivity index (χ2v) is 8.28. The summed E-state index contributed by atoms with van der Waals surface area (Å²) in [6, 6.07) is 8.15. The summed E-state index contributed by atoms with van der Waals surface area (Å²) in [5.41, 5.74) is 0. The van der Waals surface area contributed by atoms with Crippen LogP contribution in [0.25, 0.3) is 0 Å². The standard InChI is InChI=1S/C16H20N4O3S2/c21-15(6-7-18-25(22,23)14-4-2-1-3-5-14)19-9-11-20(12-10-19)16-17-8-13-24-16/h1-5,8,13,18H,6-7,9-12H2. The Morgan fingerprint density at radius 1 is 1.16 bits per heavy atom. The van der Waals surface area contributed by atoms with Crippen molar-refractivity contribution in [2.45, 2.75) is 11.3 Å². The molecule has 0 aliphatic carbocycles. The first kappa shape index (κ1) is 17.8. The number of carbonyl (C=O) groups is 1. The molecule has 0 spiro atoms. The first-order valence-electron chi connectivity index (χ1n) is 8.03. The molecule has 0 atom stereocenters. The van der Waals surface area contributed by atoms with Gasteiger partial charge in [0.2, 0.25) is 15.9 Å². The van der Waals surface area contributed by atoms with Crippen molar-refractivity contribution in [2.24, 2.45) is 0 Å². The van der Waals surface area contributed by atoms with Crippen LogP contribution in [0.15, 0.2) is 46.8 Å². The van der Waals surface area contributed by atoms with Gasteiger partial charge in [-0.25, -0.2) is 18.1 Å². The molecule has 1 aromatic heterocycles. The SMILES string of the molecule is O=C(CCNS(=O)(=O)c1ccccc1)N1CCN(c2nccs2)CC1.